The summed E-state index contributed by atoms with van der Waals surface area (Å²) in [6, 6.07) is 13.9. The van der Waals surface area contributed by atoms with Crippen LogP contribution in [-0.4, -0.2) is 23.9 Å². The fourth-order valence-corrected chi connectivity index (χ4v) is 2.12. The molecule has 2 aromatic rings. The standard InChI is InChI=1S/C19H20N2O4/c1-12-9-10-13(2)16(11-12)19(24)25-14(3)17(22)20-21-18(23)15-7-5-4-6-8-15/h4-11,14H,1-3H3,(H,20,22)(H,21,23)/t14-/m1/s1. The van der Waals surface area contributed by atoms with Crippen LogP contribution in [0.3, 0.4) is 0 Å². The van der Waals surface area contributed by atoms with Crippen LogP contribution >= 0.6 is 0 Å². The molecule has 6 nitrogen and oxygen atoms in total. The SMILES string of the molecule is Cc1ccc(C)c(C(=O)O[C@H](C)C(=O)NNC(=O)c2ccccc2)c1. The summed E-state index contributed by atoms with van der Waals surface area (Å²) in [6.45, 7) is 5.10. The van der Waals surface area contributed by atoms with Crippen LogP contribution < -0.4 is 10.9 Å². The number of benzene rings is 2. The zero-order valence-electron chi connectivity index (χ0n) is 14.3. The zero-order valence-corrected chi connectivity index (χ0v) is 14.3. The highest BCUT2D eigenvalue weighted by Gasteiger charge is 2.20. The maximum absolute atomic E-state index is 12.2. The number of hydrogen-bond acceptors (Lipinski definition) is 4. The highest BCUT2D eigenvalue weighted by Crippen LogP contribution is 2.13. The van der Waals surface area contributed by atoms with Gasteiger partial charge < -0.3 is 4.74 Å². The second-order valence-electron chi connectivity index (χ2n) is 5.68. The second kappa shape index (κ2) is 8.10. The molecule has 0 saturated carbocycles. The van der Waals surface area contributed by atoms with Gasteiger partial charge in [-0.2, -0.15) is 0 Å². The van der Waals surface area contributed by atoms with E-state index in [1.807, 2.05) is 19.1 Å². The summed E-state index contributed by atoms with van der Waals surface area (Å²) in [6.07, 6.45) is -1.05. The molecule has 25 heavy (non-hydrogen) atoms. The summed E-state index contributed by atoms with van der Waals surface area (Å²) in [4.78, 5) is 36.1. The van der Waals surface area contributed by atoms with Gasteiger partial charge in [0.1, 0.15) is 0 Å². The van der Waals surface area contributed by atoms with Gasteiger partial charge in [-0.1, -0.05) is 35.9 Å². The lowest BCUT2D eigenvalue weighted by molar-refractivity contribution is -0.129. The van der Waals surface area contributed by atoms with E-state index < -0.39 is 23.9 Å². The number of hydrazine groups is 1. The Labute approximate surface area is 146 Å². The number of carbonyl (C=O) groups is 3. The minimum absolute atomic E-state index is 0.405. The van der Waals surface area contributed by atoms with Crippen molar-refractivity contribution < 1.29 is 19.1 Å². The lowest BCUT2D eigenvalue weighted by atomic mass is 10.1. The largest absolute Gasteiger partial charge is 0.449 e. The van der Waals surface area contributed by atoms with Crippen molar-refractivity contribution in [2.45, 2.75) is 26.9 Å². The molecule has 0 fully saturated rings. The Balaban J connectivity index is 1.90. The predicted molar refractivity (Wildman–Crippen MR) is 92.8 cm³/mol. The molecular weight excluding hydrogens is 320 g/mol. The third-order valence-electron chi connectivity index (χ3n) is 3.60. The number of aryl methyl sites for hydroxylation is 2. The molecular formula is C19H20N2O4. The van der Waals surface area contributed by atoms with Gasteiger partial charge in [0.25, 0.3) is 11.8 Å². The van der Waals surface area contributed by atoms with Crippen LogP contribution in [0.25, 0.3) is 0 Å². The van der Waals surface area contributed by atoms with Crippen LogP contribution in [0.1, 0.15) is 38.8 Å². The first kappa shape index (κ1) is 18.2. The molecule has 0 heterocycles. The third kappa shape index (κ3) is 4.91. The van der Waals surface area contributed by atoms with E-state index in [1.165, 1.54) is 6.92 Å². The van der Waals surface area contributed by atoms with Crippen LogP contribution in [0, 0.1) is 13.8 Å². The van der Waals surface area contributed by atoms with Crippen molar-refractivity contribution in [1.82, 2.24) is 10.9 Å². The summed E-state index contributed by atoms with van der Waals surface area (Å²) >= 11 is 0. The van der Waals surface area contributed by atoms with E-state index in [9.17, 15) is 14.4 Å². The Bertz CT molecular complexity index is 787. The number of amides is 2. The first-order chi connectivity index (χ1) is 11.9. The highest BCUT2D eigenvalue weighted by molar-refractivity contribution is 5.96. The Hall–Kier alpha value is -3.15. The summed E-state index contributed by atoms with van der Waals surface area (Å²) < 4.78 is 5.17. The lowest BCUT2D eigenvalue weighted by Crippen LogP contribution is -2.46. The monoisotopic (exact) mass is 340 g/mol. The van der Waals surface area contributed by atoms with Crippen molar-refractivity contribution in [3.8, 4) is 0 Å². The van der Waals surface area contributed by atoms with Crippen LogP contribution in [0.15, 0.2) is 48.5 Å². The molecule has 0 bridgehead atoms. The minimum atomic E-state index is -1.05. The minimum Gasteiger partial charge on any atom is -0.449 e. The molecule has 0 aliphatic rings. The lowest BCUT2D eigenvalue weighted by Gasteiger charge is -2.15. The van der Waals surface area contributed by atoms with Gasteiger partial charge >= 0.3 is 5.97 Å². The Morgan fingerprint density at radius 2 is 1.64 bits per heavy atom. The molecule has 0 aliphatic heterocycles. The summed E-state index contributed by atoms with van der Waals surface area (Å²) in [5.74, 6) is -1.66. The van der Waals surface area contributed by atoms with Crippen molar-refractivity contribution in [1.29, 1.82) is 0 Å². The van der Waals surface area contributed by atoms with Crippen LogP contribution in [0.5, 0.6) is 0 Å². The van der Waals surface area contributed by atoms with Crippen LogP contribution in [0.4, 0.5) is 0 Å². The van der Waals surface area contributed by atoms with E-state index in [2.05, 4.69) is 10.9 Å². The third-order valence-corrected chi connectivity index (χ3v) is 3.60. The van der Waals surface area contributed by atoms with Gasteiger partial charge in [-0.05, 0) is 44.5 Å². The molecule has 2 rings (SSSR count). The summed E-state index contributed by atoms with van der Waals surface area (Å²) in [7, 11) is 0. The molecule has 2 aromatic carbocycles. The molecule has 2 amide bonds. The first-order valence-corrected chi connectivity index (χ1v) is 7.82. The molecule has 6 heteroatoms. The Morgan fingerprint density at radius 1 is 0.960 bits per heavy atom. The molecule has 0 radical (unpaired) electrons. The van der Waals surface area contributed by atoms with Crippen LogP contribution in [0.2, 0.25) is 0 Å². The molecule has 130 valence electrons. The molecule has 0 aromatic heterocycles. The number of nitrogens with one attached hydrogen (secondary N) is 2. The normalized spacial score (nSPS) is 11.3. The molecule has 0 saturated heterocycles. The van der Waals surface area contributed by atoms with Gasteiger partial charge in [0.2, 0.25) is 0 Å². The van der Waals surface area contributed by atoms with E-state index in [0.29, 0.717) is 11.1 Å². The number of esters is 1. The van der Waals surface area contributed by atoms with Crippen LogP contribution in [-0.2, 0) is 9.53 Å². The first-order valence-electron chi connectivity index (χ1n) is 7.82. The van der Waals surface area contributed by atoms with Crippen molar-refractivity contribution >= 4 is 17.8 Å². The molecule has 2 N–H and O–H groups in total. The van der Waals surface area contributed by atoms with E-state index in [0.717, 1.165) is 11.1 Å². The second-order valence-corrected chi connectivity index (χ2v) is 5.68. The molecule has 0 spiro atoms. The van der Waals surface area contributed by atoms with Gasteiger partial charge in [-0.3, -0.25) is 20.4 Å². The van der Waals surface area contributed by atoms with Crippen molar-refractivity contribution in [3.05, 3.63) is 70.8 Å². The fourth-order valence-electron chi connectivity index (χ4n) is 2.12. The van der Waals surface area contributed by atoms with Crippen molar-refractivity contribution in [2.75, 3.05) is 0 Å². The van der Waals surface area contributed by atoms with Gasteiger partial charge in [0.15, 0.2) is 6.10 Å². The Kier molecular flexibility index (Phi) is 5.89. The molecule has 0 aliphatic carbocycles. The van der Waals surface area contributed by atoms with E-state index in [-0.39, 0.29) is 0 Å². The zero-order chi connectivity index (χ0) is 18.4. The fraction of sp³-hybridized carbons (Fsp3) is 0.211. The smallest absolute Gasteiger partial charge is 0.339 e. The maximum atomic E-state index is 12.2. The molecule has 1 atom stereocenters. The average molecular weight is 340 g/mol. The van der Waals surface area contributed by atoms with E-state index in [4.69, 9.17) is 4.74 Å². The Morgan fingerprint density at radius 3 is 2.32 bits per heavy atom. The maximum Gasteiger partial charge on any atom is 0.339 e. The topological polar surface area (TPSA) is 84.5 Å². The summed E-state index contributed by atoms with van der Waals surface area (Å²) in [5.41, 5.74) is 7.03. The van der Waals surface area contributed by atoms with Gasteiger partial charge in [0.05, 0.1) is 5.56 Å². The van der Waals surface area contributed by atoms with E-state index in [1.54, 1.807) is 43.3 Å². The van der Waals surface area contributed by atoms with Crippen molar-refractivity contribution in [2.24, 2.45) is 0 Å². The van der Waals surface area contributed by atoms with Crippen molar-refractivity contribution in [3.63, 3.8) is 0 Å². The van der Waals surface area contributed by atoms with Gasteiger partial charge in [-0.15, -0.1) is 0 Å². The molecule has 0 unspecified atom stereocenters. The van der Waals surface area contributed by atoms with E-state index >= 15 is 0 Å². The predicted octanol–water partition coefficient (Wildman–Crippen LogP) is 2.31. The average Bonchev–Trinajstić information content (AvgIpc) is 2.61. The quantitative estimate of drug-likeness (QED) is 0.661. The number of carbonyl (C=O) groups excluding carboxylic acids is 3. The number of hydrogen-bond donors (Lipinski definition) is 2. The van der Waals surface area contributed by atoms with Gasteiger partial charge in [-0.25, -0.2) is 4.79 Å². The number of rotatable bonds is 4. The number of ether oxygens (including phenoxy) is 1. The van der Waals surface area contributed by atoms with Gasteiger partial charge in [0, 0.05) is 5.56 Å². The summed E-state index contributed by atoms with van der Waals surface area (Å²) in [5, 5.41) is 0. The highest BCUT2D eigenvalue weighted by atomic mass is 16.5.